The van der Waals surface area contributed by atoms with Crippen molar-refractivity contribution in [3.05, 3.63) is 42.1 Å². The zero-order chi connectivity index (χ0) is 14.6. The summed E-state index contributed by atoms with van der Waals surface area (Å²) in [6, 6.07) is 11.9. The van der Waals surface area contributed by atoms with Crippen LogP contribution >= 0.6 is 0 Å². The number of hydrogen-bond acceptors (Lipinski definition) is 3. The largest absolute Gasteiger partial charge is 0.370 e. The number of fused-ring (bicyclic) bond motifs is 1. The Balaban J connectivity index is 2.25. The van der Waals surface area contributed by atoms with Crippen molar-refractivity contribution < 1.29 is 9.53 Å². The maximum Gasteiger partial charge on any atom is 0.170 e. The van der Waals surface area contributed by atoms with Crippen molar-refractivity contribution in [1.82, 2.24) is 4.98 Å². The number of rotatable bonds is 6. The molecule has 1 aromatic carbocycles. The van der Waals surface area contributed by atoms with Crippen LogP contribution in [0.2, 0.25) is 0 Å². The van der Waals surface area contributed by atoms with Gasteiger partial charge in [-0.05, 0) is 25.0 Å². The highest BCUT2D eigenvalue weighted by Crippen LogP contribution is 2.23. The Hall–Kier alpha value is -1.74. The third kappa shape index (κ3) is 2.73. The van der Waals surface area contributed by atoms with E-state index in [1.54, 1.807) is 7.11 Å². The molecule has 0 bridgehead atoms. The van der Waals surface area contributed by atoms with E-state index in [1.165, 1.54) is 0 Å². The van der Waals surface area contributed by atoms with Crippen LogP contribution < -0.4 is 0 Å². The summed E-state index contributed by atoms with van der Waals surface area (Å²) in [5, 5.41) is 1.09. The molecule has 0 atom stereocenters. The van der Waals surface area contributed by atoms with E-state index in [0.717, 1.165) is 16.6 Å². The molecule has 2 aromatic rings. The Morgan fingerprint density at radius 2 is 1.85 bits per heavy atom. The number of hydrogen-bond donors (Lipinski definition) is 0. The first kappa shape index (κ1) is 14.7. The average molecular weight is 271 g/mol. The van der Waals surface area contributed by atoms with Crippen molar-refractivity contribution in [2.75, 3.05) is 7.11 Å². The summed E-state index contributed by atoms with van der Waals surface area (Å²) in [6.45, 7) is 3.97. The monoisotopic (exact) mass is 271 g/mol. The van der Waals surface area contributed by atoms with Gasteiger partial charge in [-0.3, -0.25) is 9.78 Å². The molecule has 0 fully saturated rings. The van der Waals surface area contributed by atoms with Gasteiger partial charge in [-0.15, -0.1) is 0 Å². The molecule has 20 heavy (non-hydrogen) atoms. The van der Waals surface area contributed by atoms with Gasteiger partial charge in [-0.25, -0.2) is 0 Å². The summed E-state index contributed by atoms with van der Waals surface area (Å²) in [7, 11) is 1.61. The van der Waals surface area contributed by atoms with Crippen LogP contribution in [0, 0.1) is 0 Å². The molecular formula is C17H21NO2. The Kier molecular flexibility index (Phi) is 4.50. The van der Waals surface area contributed by atoms with E-state index in [9.17, 15) is 4.79 Å². The zero-order valence-corrected chi connectivity index (χ0v) is 12.3. The lowest BCUT2D eigenvalue weighted by Crippen LogP contribution is -2.40. The molecule has 0 spiro atoms. The molecule has 3 heteroatoms. The molecular weight excluding hydrogens is 250 g/mol. The van der Waals surface area contributed by atoms with Crippen LogP contribution in [0.3, 0.4) is 0 Å². The number of nitrogens with zero attached hydrogens (tertiary/aromatic N) is 1. The quantitative estimate of drug-likeness (QED) is 0.806. The standard InChI is InChI=1S/C17H21NO2/c1-4-17(5-2,20-3)16(19)12-14-11-10-13-8-6-7-9-15(13)18-14/h6-11H,4-5,12H2,1-3H3. The van der Waals surface area contributed by atoms with Crippen molar-refractivity contribution in [1.29, 1.82) is 0 Å². The van der Waals surface area contributed by atoms with Crippen LogP contribution in [0.5, 0.6) is 0 Å². The van der Waals surface area contributed by atoms with Crippen LogP contribution in [-0.4, -0.2) is 23.5 Å². The van der Waals surface area contributed by atoms with E-state index >= 15 is 0 Å². The number of carbonyl (C=O) groups is 1. The van der Waals surface area contributed by atoms with Gasteiger partial charge < -0.3 is 4.74 Å². The number of para-hydroxylation sites is 1. The summed E-state index contributed by atoms with van der Waals surface area (Å²) in [5.74, 6) is 0.104. The van der Waals surface area contributed by atoms with Crippen molar-refractivity contribution in [2.45, 2.75) is 38.7 Å². The molecule has 0 saturated carbocycles. The smallest absolute Gasteiger partial charge is 0.170 e. The summed E-state index contributed by atoms with van der Waals surface area (Å²) in [5.41, 5.74) is 1.05. The van der Waals surface area contributed by atoms with E-state index in [4.69, 9.17) is 4.74 Å². The molecule has 0 aliphatic carbocycles. The SMILES string of the molecule is CCC(CC)(OC)C(=O)Cc1ccc2ccccc2n1. The molecule has 0 saturated heterocycles. The lowest BCUT2D eigenvalue weighted by Gasteiger charge is -2.28. The molecule has 3 nitrogen and oxygen atoms in total. The number of methoxy groups -OCH3 is 1. The minimum Gasteiger partial charge on any atom is -0.370 e. The lowest BCUT2D eigenvalue weighted by atomic mass is 9.89. The molecule has 0 N–H and O–H groups in total. The number of Topliss-reactive ketones (excluding diaryl/α,β-unsaturated/α-hetero) is 1. The van der Waals surface area contributed by atoms with Crippen LogP contribution in [-0.2, 0) is 16.0 Å². The second-order valence-electron chi connectivity index (χ2n) is 5.00. The zero-order valence-electron chi connectivity index (χ0n) is 12.3. The van der Waals surface area contributed by atoms with Crippen LogP contribution in [0.25, 0.3) is 10.9 Å². The topological polar surface area (TPSA) is 39.2 Å². The highest BCUT2D eigenvalue weighted by molar-refractivity contribution is 5.89. The van der Waals surface area contributed by atoms with Crippen LogP contribution in [0.15, 0.2) is 36.4 Å². The molecule has 0 amide bonds. The van der Waals surface area contributed by atoms with Gasteiger partial charge >= 0.3 is 0 Å². The first-order chi connectivity index (χ1) is 9.65. The summed E-state index contributed by atoms with van der Waals surface area (Å²) in [6.07, 6.45) is 1.69. The fourth-order valence-electron chi connectivity index (χ4n) is 2.58. The van der Waals surface area contributed by atoms with E-state index in [1.807, 2.05) is 50.2 Å². The fraction of sp³-hybridized carbons (Fsp3) is 0.412. The minimum atomic E-state index is -0.673. The number of ether oxygens (including phenoxy) is 1. The highest BCUT2D eigenvalue weighted by Gasteiger charge is 2.34. The molecule has 2 rings (SSSR count). The number of aromatic nitrogens is 1. The van der Waals surface area contributed by atoms with Gasteiger partial charge in [0.05, 0.1) is 11.9 Å². The number of pyridine rings is 1. The molecule has 1 heterocycles. The highest BCUT2D eigenvalue weighted by atomic mass is 16.5. The third-order valence-electron chi connectivity index (χ3n) is 4.04. The first-order valence-corrected chi connectivity index (χ1v) is 7.08. The number of ketones is 1. The summed E-state index contributed by atoms with van der Waals surface area (Å²) >= 11 is 0. The van der Waals surface area contributed by atoms with Gasteiger partial charge in [0.2, 0.25) is 0 Å². The second kappa shape index (κ2) is 6.14. The predicted molar refractivity (Wildman–Crippen MR) is 80.8 cm³/mol. The maximum atomic E-state index is 12.5. The Labute approximate surface area is 120 Å². The van der Waals surface area contributed by atoms with Gasteiger partial charge in [-0.2, -0.15) is 0 Å². The normalized spacial score (nSPS) is 11.8. The van der Waals surface area contributed by atoms with E-state index in [2.05, 4.69) is 4.98 Å². The third-order valence-corrected chi connectivity index (χ3v) is 4.04. The lowest BCUT2D eigenvalue weighted by molar-refractivity contribution is -0.141. The van der Waals surface area contributed by atoms with Gasteiger partial charge in [0.1, 0.15) is 5.60 Å². The Morgan fingerprint density at radius 3 is 2.50 bits per heavy atom. The molecule has 106 valence electrons. The number of carbonyl (C=O) groups excluding carboxylic acids is 1. The minimum absolute atomic E-state index is 0.104. The van der Waals surface area contributed by atoms with Crippen molar-refractivity contribution in [3.63, 3.8) is 0 Å². The van der Waals surface area contributed by atoms with Gasteiger partial charge in [0, 0.05) is 18.2 Å². The summed E-state index contributed by atoms with van der Waals surface area (Å²) < 4.78 is 5.48. The molecule has 0 unspecified atom stereocenters. The second-order valence-corrected chi connectivity index (χ2v) is 5.00. The average Bonchev–Trinajstić information content (AvgIpc) is 2.49. The predicted octanol–water partition coefficient (Wildman–Crippen LogP) is 3.55. The van der Waals surface area contributed by atoms with E-state index in [-0.39, 0.29) is 5.78 Å². The van der Waals surface area contributed by atoms with Crippen LogP contribution in [0.1, 0.15) is 32.4 Å². The Morgan fingerprint density at radius 1 is 1.15 bits per heavy atom. The van der Waals surface area contributed by atoms with Crippen molar-refractivity contribution >= 4 is 16.7 Å². The van der Waals surface area contributed by atoms with Crippen molar-refractivity contribution in [2.24, 2.45) is 0 Å². The number of benzene rings is 1. The molecule has 0 radical (unpaired) electrons. The van der Waals surface area contributed by atoms with E-state index in [0.29, 0.717) is 19.3 Å². The van der Waals surface area contributed by atoms with E-state index < -0.39 is 5.60 Å². The maximum absolute atomic E-state index is 12.5. The van der Waals surface area contributed by atoms with Crippen molar-refractivity contribution in [3.8, 4) is 0 Å². The van der Waals surface area contributed by atoms with Gasteiger partial charge in [-0.1, -0.05) is 38.1 Å². The summed E-state index contributed by atoms with van der Waals surface area (Å²) in [4.78, 5) is 17.1. The van der Waals surface area contributed by atoms with Gasteiger partial charge in [0.25, 0.3) is 0 Å². The molecule has 1 aromatic heterocycles. The molecule has 0 aliphatic rings. The molecule has 0 aliphatic heterocycles. The van der Waals surface area contributed by atoms with Gasteiger partial charge in [0.15, 0.2) is 5.78 Å². The first-order valence-electron chi connectivity index (χ1n) is 7.08. The van der Waals surface area contributed by atoms with Crippen LogP contribution in [0.4, 0.5) is 0 Å². The fourth-order valence-corrected chi connectivity index (χ4v) is 2.58. The Bertz CT molecular complexity index is 594.